The van der Waals surface area contributed by atoms with Crippen molar-refractivity contribution in [3.63, 3.8) is 0 Å². The van der Waals surface area contributed by atoms with Gasteiger partial charge in [-0.1, -0.05) is 13.0 Å². The number of phenols is 1. The monoisotopic (exact) mass is 607 g/mol. The van der Waals surface area contributed by atoms with E-state index in [9.17, 15) is 19.0 Å². The lowest BCUT2D eigenvalue weighted by Crippen LogP contribution is -2.43. The van der Waals surface area contributed by atoms with Crippen LogP contribution in [0.5, 0.6) is 11.8 Å². The predicted octanol–water partition coefficient (Wildman–Crippen LogP) is 5.70. The van der Waals surface area contributed by atoms with Crippen molar-refractivity contribution < 1.29 is 28.1 Å². The molecule has 7 rings (SSSR count). The number of hydrogen-bond acceptors (Lipinski definition) is 8. The van der Waals surface area contributed by atoms with Gasteiger partial charge in [0.15, 0.2) is 5.82 Å². The molecule has 3 fully saturated rings. The van der Waals surface area contributed by atoms with Gasteiger partial charge in [-0.2, -0.15) is 9.97 Å². The van der Waals surface area contributed by atoms with Crippen LogP contribution in [-0.4, -0.2) is 80.7 Å². The van der Waals surface area contributed by atoms with Crippen molar-refractivity contribution in [3.8, 4) is 23.0 Å². The average molecular weight is 608 g/mol. The summed E-state index contributed by atoms with van der Waals surface area (Å²) in [5.41, 5.74) is 0.140. The summed E-state index contributed by atoms with van der Waals surface area (Å²) in [6.45, 7) is 4.31. The van der Waals surface area contributed by atoms with Crippen molar-refractivity contribution in [3.05, 3.63) is 47.7 Å². The number of benzene rings is 2. The fraction of sp³-hybridized carbons (Fsp3) is 0.485. The SMILES string of the molecule is CCc1c(F)ccc2cc(O)cc(-c3ncc4c(N5CCCC(O)CC5)nc(OC[C@]56CCCN5C[C@@H](F)C6)nc4c3F)c12. The van der Waals surface area contributed by atoms with E-state index in [0.29, 0.717) is 72.9 Å². The van der Waals surface area contributed by atoms with Crippen LogP contribution in [0.1, 0.15) is 51.0 Å². The fourth-order valence-electron chi connectivity index (χ4n) is 7.49. The van der Waals surface area contributed by atoms with Crippen molar-refractivity contribution in [2.24, 2.45) is 0 Å². The predicted molar refractivity (Wildman–Crippen MR) is 162 cm³/mol. The van der Waals surface area contributed by atoms with Crippen LogP contribution in [0, 0.1) is 11.6 Å². The van der Waals surface area contributed by atoms with Crippen LogP contribution >= 0.6 is 0 Å². The van der Waals surface area contributed by atoms with Gasteiger partial charge in [-0.15, -0.1) is 0 Å². The topological polar surface area (TPSA) is 94.8 Å². The van der Waals surface area contributed by atoms with Crippen LogP contribution < -0.4 is 9.64 Å². The smallest absolute Gasteiger partial charge is 0.319 e. The first kappa shape index (κ1) is 29.0. The lowest BCUT2D eigenvalue weighted by Gasteiger charge is -2.31. The minimum atomic E-state index is -0.920. The summed E-state index contributed by atoms with van der Waals surface area (Å²) in [6, 6.07) is 5.80. The van der Waals surface area contributed by atoms with Crippen LogP contribution in [0.3, 0.4) is 0 Å². The number of aryl methyl sites for hydroxylation is 1. The third-order valence-electron chi connectivity index (χ3n) is 9.63. The van der Waals surface area contributed by atoms with E-state index in [1.807, 2.05) is 11.8 Å². The maximum Gasteiger partial charge on any atom is 0.319 e. The number of halogens is 3. The summed E-state index contributed by atoms with van der Waals surface area (Å²) >= 11 is 0. The number of nitrogens with zero attached hydrogens (tertiary/aromatic N) is 5. The molecule has 2 N–H and O–H groups in total. The second kappa shape index (κ2) is 11.3. The first-order valence-electron chi connectivity index (χ1n) is 15.5. The van der Waals surface area contributed by atoms with Crippen LogP contribution in [0.2, 0.25) is 0 Å². The summed E-state index contributed by atoms with van der Waals surface area (Å²) in [7, 11) is 0. The number of pyridine rings is 1. The number of aromatic nitrogens is 3. The summed E-state index contributed by atoms with van der Waals surface area (Å²) in [5.74, 6) is -0.802. The van der Waals surface area contributed by atoms with E-state index in [4.69, 9.17) is 9.72 Å². The molecule has 0 saturated carbocycles. The standard InChI is InChI=1S/C33H36F3N5O3/c1-2-23-26(35)7-6-19-13-22(43)14-24(27(19)23)29-28(36)30-25(16-37-29)31(40-10-3-5-21(42)8-12-40)39-32(38-30)44-18-33-9-4-11-41(33)17-20(34)15-33/h6-7,13-14,16,20-21,42-43H,2-5,8-12,15,17-18H2,1H3/t20-,21?,33+/m0/s1. The number of rotatable bonds is 6. The van der Waals surface area contributed by atoms with Crippen LogP contribution in [-0.2, 0) is 6.42 Å². The van der Waals surface area contributed by atoms with E-state index < -0.39 is 29.4 Å². The molecule has 0 aliphatic carbocycles. The molecule has 232 valence electrons. The van der Waals surface area contributed by atoms with Crippen LogP contribution in [0.4, 0.5) is 19.0 Å². The van der Waals surface area contributed by atoms with Crippen molar-refractivity contribution in [2.45, 2.75) is 69.7 Å². The van der Waals surface area contributed by atoms with Gasteiger partial charge in [-0.3, -0.25) is 9.88 Å². The van der Waals surface area contributed by atoms with Crippen LogP contribution in [0.15, 0.2) is 30.5 Å². The summed E-state index contributed by atoms with van der Waals surface area (Å²) in [4.78, 5) is 17.9. The highest BCUT2D eigenvalue weighted by atomic mass is 19.1. The maximum atomic E-state index is 16.7. The molecule has 0 amide bonds. The molecule has 11 heteroatoms. The number of phenolic OH excluding ortho intramolecular Hbond substituents is 1. The molecule has 44 heavy (non-hydrogen) atoms. The van der Waals surface area contributed by atoms with Gasteiger partial charge >= 0.3 is 6.01 Å². The highest BCUT2D eigenvalue weighted by molar-refractivity contribution is 6.01. The second-order valence-corrected chi connectivity index (χ2v) is 12.4. The molecule has 3 saturated heterocycles. The Kier molecular flexibility index (Phi) is 7.48. The minimum absolute atomic E-state index is 0.0127. The summed E-state index contributed by atoms with van der Waals surface area (Å²) in [5, 5.41) is 22.2. The third kappa shape index (κ3) is 4.99. The van der Waals surface area contributed by atoms with Gasteiger partial charge in [-0.05, 0) is 79.6 Å². The highest BCUT2D eigenvalue weighted by Crippen LogP contribution is 2.42. The molecule has 2 aromatic carbocycles. The second-order valence-electron chi connectivity index (χ2n) is 12.4. The van der Waals surface area contributed by atoms with Gasteiger partial charge in [0.05, 0.1) is 17.0 Å². The zero-order valence-electron chi connectivity index (χ0n) is 24.7. The van der Waals surface area contributed by atoms with E-state index in [1.165, 1.54) is 24.4 Å². The Labute approximate surface area is 253 Å². The number of fused-ring (bicyclic) bond motifs is 3. The van der Waals surface area contributed by atoms with E-state index in [2.05, 4.69) is 14.9 Å². The average Bonchev–Trinajstić information content (AvgIpc) is 3.44. The number of aliphatic hydroxyl groups excluding tert-OH is 1. The van der Waals surface area contributed by atoms with E-state index in [1.54, 1.807) is 6.07 Å². The number of anilines is 1. The Morgan fingerprint density at radius 2 is 1.95 bits per heavy atom. The molecule has 3 aliphatic rings. The Hall–Kier alpha value is -3.70. The number of hydrogen-bond donors (Lipinski definition) is 2. The lowest BCUT2D eigenvalue weighted by atomic mass is 9.94. The molecule has 4 aromatic rings. The normalized spacial score (nSPS) is 24.2. The van der Waals surface area contributed by atoms with Crippen molar-refractivity contribution in [2.75, 3.05) is 37.7 Å². The molecule has 3 atom stereocenters. The maximum absolute atomic E-state index is 16.7. The first-order chi connectivity index (χ1) is 21.3. The number of alkyl halides is 1. The lowest BCUT2D eigenvalue weighted by molar-refractivity contribution is 0.107. The van der Waals surface area contributed by atoms with Gasteiger partial charge < -0.3 is 19.8 Å². The zero-order valence-corrected chi connectivity index (χ0v) is 24.7. The fourth-order valence-corrected chi connectivity index (χ4v) is 7.49. The van der Waals surface area contributed by atoms with E-state index >= 15 is 4.39 Å². The van der Waals surface area contributed by atoms with E-state index in [0.717, 1.165) is 25.8 Å². The quantitative estimate of drug-likeness (QED) is 0.289. The summed E-state index contributed by atoms with van der Waals surface area (Å²) < 4.78 is 52.3. The van der Waals surface area contributed by atoms with Crippen LogP contribution in [0.25, 0.3) is 32.9 Å². The summed E-state index contributed by atoms with van der Waals surface area (Å²) in [6.07, 6.45) is 4.58. The molecule has 0 radical (unpaired) electrons. The van der Waals surface area contributed by atoms with Gasteiger partial charge in [0, 0.05) is 37.8 Å². The highest BCUT2D eigenvalue weighted by Gasteiger charge is 2.49. The molecule has 1 unspecified atom stereocenters. The molecule has 8 nitrogen and oxygen atoms in total. The minimum Gasteiger partial charge on any atom is -0.508 e. The van der Waals surface area contributed by atoms with Gasteiger partial charge in [-0.25, -0.2) is 13.2 Å². The molecule has 0 spiro atoms. The largest absolute Gasteiger partial charge is 0.508 e. The Morgan fingerprint density at radius 1 is 1.09 bits per heavy atom. The van der Waals surface area contributed by atoms with Gasteiger partial charge in [0.25, 0.3) is 0 Å². The zero-order chi connectivity index (χ0) is 30.6. The van der Waals surface area contributed by atoms with Crippen molar-refractivity contribution in [1.29, 1.82) is 0 Å². The van der Waals surface area contributed by atoms with Gasteiger partial charge in [0.2, 0.25) is 0 Å². The molecular formula is C33H36F3N5O3. The van der Waals surface area contributed by atoms with Crippen molar-refractivity contribution >= 4 is 27.5 Å². The third-order valence-corrected chi connectivity index (χ3v) is 9.63. The molecule has 2 aromatic heterocycles. The number of aliphatic hydroxyl groups is 1. The Morgan fingerprint density at radius 3 is 2.80 bits per heavy atom. The number of aromatic hydroxyl groups is 1. The molecule has 3 aliphatic heterocycles. The molecular weight excluding hydrogens is 571 g/mol. The van der Waals surface area contributed by atoms with Crippen molar-refractivity contribution in [1.82, 2.24) is 19.9 Å². The number of ether oxygens (including phenoxy) is 1. The molecule has 5 heterocycles. The first-order valence-corrected chi connectivity index (χ1v) is 15.5. The molecule has 0 bridgehead atoms. The van der Waals surface area contributed by atoms with Gasteiger partial charge in [0.1, 0.15) is 41.4 Å². The Balaban J connectivity index is 1.37. The Bertz CT molecular complexity index is 1740. The van der Waals surface area contributed by atoms with E-state index in [-0.39, 0.29) is 35.1 Å².